The number of para-hydroxylation sites is 2. The molecule has 0 aliphatic heterocycles. The minimum absolute atomic E-state index is 0.916. The van der Waals surface area contributed by atoms with Crippen LogP contribution in [0, 0.1) is 0 Å². The highest BCUT2D eigenvalue weighted by Gasteiger charge is 2.19. The van der Waals surface area contributed by atoms with Crippen molar-refractivity contribution in [1.82, 2.24) is 9.38 Å². The van der Waals surface area contributed by atoms with E-state index in [1.807, 2.05) is 23.5 Å². The molecule has 4 aromatic heterocycles. The Morgan fingerprint density at radius 3 is 1.73 bits per heavy atom. The number of aromatic nitrogens is 2. The Bertz CT molecular complexity index is 3820. The summed E-state index contributed by atoms with van der Waals surface area (Å²) in [7, 11) is 0. The van der Waals surface area contributed by atoms with Crippen LogP contribution in [0.1, 0.15) is 0 Å². The van der Waals surface area contributed by atoms with Crippen molar-refractivity contribution in [3.8, 4) is 44.6 Å². The molecule has 13 rings (SSSR count). The van der Waals surface area contributed by atoms with E-state index in [4.69, 9.17) is 9.40 Å². The molecule has 0 atom stereocenters. The molecule has 0 radical (unpaired) electrons. The van der Waals surface area contributed by atoms with E-state index in [2.05, 4.69) is 186 Å². The zero-order chi connectivity index (χ0) is 38.6. The molecule has 0 bridgehead atoms. The van der Waals surface area contributed by atoms with Gasteiger partial charge in [-0.05, 0) is 85.3 Å². The quantitative estimate of drug-likeness (QED) is 0.178. The Labute approximate surface area is 342 Å². The molecule has 4 heteroatoms. The van der Waals surface area contributed by atoms with Gasteiger partial charge in [0.15, 0.2) is 5.65 Å². The van der Waals surface area contributed by atoms with Gasteiger partial charge in [0.05, 0.1) is 21.4 Å². The summed E-state index contributed by atoms with van der Waals surface area (Å²) in [5.41, 5.74) is 14.3. The maximum atomic E-state index is 6.37. The number of nitrogens with zero attached hydrogens (tertiary/aromatic N) is 2. The van der Waals surface area contributed by atoms with Gasteiger partial charge < -0.3 is 4.42 Å². The first-order valence-electron chi connectivity index (χ1n) is 20.0. The van der Waals surface area contributed by atoms with E-state index in [1.54, 1.807) is 0 Å². The molecule has 9 aromatic carbocycles. The van der Waals surface area contributed by atoms with E-state index in [9.17, 15) is 0 Å². The first-order valence-corrected chi connectivity index (χ1v) is 20.8. The number of benzene rings is 9. The lowest BCUT2D eigenvalue weighted by Gasteiger charge is -2.14. The summed E-state index contributed by atoms with van der Waals surface area (Å²) in [5.74, 6) is 0. The number of rotatable bonds is 4. The van der Waals surface area contributed by atoms with Crippen LogP contribution in [0.5, 0.6) is 0 Å². The van der Waals surface area contributed by atoms with Crippen molar-refractivity contribution in [2.45, 2.75) is 0 Å². The van der Waals surface area contributed by atoms with E-state index in [1.165, 1.54) is 64.0 Å². The number of pyridine rings is 1. The fourth-order valence-electron chi connectivity index (χ4n) is 9.37. The van der Waals surface area contributed by atoms with Gasteiger partial charge in [0.2, 0.25) is 0 Å². The third-order valence-corrected chi connectivity index (χ3v) is 13.4. The molecule has 274 valence electrons. The second-order valence-corrected chi connectivity index (χ2v) is 16.5. The van der Waals surface area contributed by atoms with Crippen LogP contribution in [-0.2, 0) is 0 Å². The molecule has 4 heterocycles. The molecule has 0 unspecified atom stereocenters. The number of hydrogen-bond acceptors (Lipinski definition) is 3. The van der Waals surface area contributed by atoms with Crippen LogP contribution in [0.15, 0.2) is 199 Å². The summed E-state index contributed by atoms with van der Waals surface area (Å²) < 4.78 is 11.2. The fraction of sp³-hybridized carbons (Fsp3) is 0. The van der Waals surface area contributed by atoms with Crippen LogP contribution in [0.4, 0.5) is 0 Å². The average molecular weight is 769 g/mol. The SMILES string of the molecule is c1ccc2cc3c(cc2c1)nc1c2sc4ccccc4c2cc(-c2ccc(-c4ccc(-c5ccc(-c6cccc7c6oc6ccccc67)cc5)c5ccccc45)cc2)n31. The van der Waals surface area contributed by atoms with Gasteiger partial charge in [0, 0.05) is 31.8 Å². The molecule has 13 aromatic rings. The summed E-state index contributed by atoms with van der Waals surface area (Å²) in [6, 6.07) is 70.3. The van der Waals surface area contributed by atoms with Gasteiger partial charge in [-0.25, -0.2) is 4.98 Å². The number of imidazole rings is 1. The normalized spacial score (nSPS) is 12.1. The fourth-order valence-corrected chi connectivity index (χ4v) is 10.5. The van der Waals surface area contributed by atoms with Gasteiger partial charge in [0.25, 0.3) is 0 Å². The van der Waals surface area contributed by atoms with Crippen LogP contribution in [0.3, 0.4) is 0 Å². The Kier molecular flexibility index (Phi) is 6.89. The molecule has 0 aliphatic rings. The van der Waals surface area contributed by atoms with Crippen LogP contribution < -0.4 is 0 Å². The first-order chi connectivity index (χ1) is 29.2. The minimum atomic E-state index is 0.916. The van der Waals surface area contributed by atoms with Crippen molar-refractivity contribution < 1.29 is 4.42 Å². The minimum Gasteiger partial charge on any atom is -0.455 e. The maximum Gasteiger partial charge on any atom is 0.156 e. The van der Waals surface area contributed by atoms with Gasteiger partial charge in [-0.15, -0.1) is 11.3 Å². The predicted molar refractivity (Wildman–Crippen MR) is 250 cm³/mol. The van der Waals surface area contributed by atoms with E-state index >= 15 is 0 Å². The molecular weight excluding hydrogens is 737 g/mol. The number of furan rings is 1. The molecule has 0 aliphatic carbocycles. The van der Waals surface area contributed by atoms with Crippen molar-refractivity contribution in [3.05, 3.63) is 194 Å². The number of thiophene rings is 1. The Morgan fingerprint density at radius 1 is 0.424 bits per heavy atom. The first kappa shape index (κ1) is 32.5. The molecule has 0 saturated heterocycles. The van der Waals surface area contributed by atoms with Crippen LogP contribution in [0.2, 0.25) is 0 Å². The molecule has 0 saturated carbocycles. The smallest absolute Gasteiger partial charge is 0.156 e. The molecule has 0 amide bonds. The van der Waals surface area contributed by atoms with Crippen LogP contribution >= 0.6 is 11.3 Å². The van der Waals surface area contributed by atoms with Crippen molar-refractivity contribution in [3.63, 3.8) is 0 Å². The summed E-state index contributed by atoms with van der Waals surface area (Å²) >= 11 is 1.83. The maximum absolute atomic E-state index is 6.37. The molecule has 0 spiro atoms. The van der Waals surface area contributed by atoms with Gasteiger partial charge in [-0.3, -0.25) is 4.40 Å². The van der Waals surface area contributed by atoms with Crippen LogP contribution in [0.25, 0.3) is 125 Å². The zero-order valence-electron chi connectivity index (χ0n) is 31.7. The van der Waals surface area contributed by atoms with Gasteiger partial charge in [-0.1, -0.05) is 164 Å². The highest BCUT2D eigenvalue weighted by atomic mass is 32.1. The Morgan fingerprint density at radius 2 is 1.00 bits per heavy atom. The lowest BCUT2D eigenvalue weighted by molar-refractivity contribution is 0.670. The molecule has 3 nitrogen and oxygen atoms in total. The average Bonchev–Trinajstić information content (AvgIpc) is 3.99. The highest BCUT2D eigenvalue weighted by Crippen LogP contribution is 2.43. The van der Waals surface area contributed by atoms with Crippen molar-refractivity contribution in [2.24, 2.45) is 0 Å². The largest absolute Gasteiger partial charge is 0.455 e. The van der Waals surface area contributed by atoms with Crippen molar-refractivity contribution >= 4 is 91.7 Å². The number of hydrogen-bond donors (Lipinski definition) is 0. The van der Waals surface area contributed by atoms with E-state index in [0.29, 0.717) is 0 Å². The van der Waals surface area contributed by atoms with Gasteiger partial charge in [-0.2, -0.15) is 0 Å². The second-order valence-electron chi connectivity index (χ2n) is 15.5. The lowest BCUT2D eigenvalue weighted by atomic mass is 9.91. The lowest BCUT2D eigenvalue weighted by Crippen LogP contribution is -1.93. The topological polar surface area (TPSA) is 30.4 Å². The summed E-state index contributed by atoms with van der Waals surface area (Å²) in [6.07, 6.45) is 0. The highest BCUT2D eigenvalue weighted by molar-refractivity contribution is 7.26. The summed E-state index contributed by atoms with van der Waals surface area (Å²) in [6.45, 7) is 0. The number of fused-ring (bicyclic) bond motifs is 12. The summed E-state index contributed by atoms with van der Waals surface area (Å²) in [5, 5.41) is 9.69. The molecule has 59 heavy (non-hydrogen) atoms. The van der Waals surface area contributed by atoms with Gasteiger partial charge >= 0.3 is 0 Å². The van der Waals surface area contributed by atoms with E-state index < -0.39 is 0 Å². The molecular formula is C55H32N2OS. The van der Waals surface area contributed by atoms with Gasteiger partial charge in [0.1, 0.15) is 11.2 Å². The third-order valence-electron chi connectivity index (χ3n) is 12.2. The van der Waals surface area contributed by atoms with Crippen LogP contribution in [-0.4, -0.2) is 9.38 Å². The second kappa shape index (κ2) is 12.5. The van der Waals surface area contributed by atoms with E-state index in [-0.39, 0.29) is 0 Å². The monoisotopic (exact) mass is 768 g/mol. The Hall–Kier alpha value is -7.53. The standard InChI is InChI=1S/C55H32N2OS/c1-2-11-38-31-50-48(30-37(38)10-1)56-55-54-47(45-15-6-8-19-52(45)59-54)32-49(57(50)55)36-26-24-34(25-27-36)40-29-28-39(42-12-3-4-13-43(40)42)33-20-22-35(23-21-33)41-16-9-17-46-44-14-5-7-18-51(44)58-53(41)46/h1-32H. The third kappa shape index (κ3) is 4.91. The van der Waals surface area contributed by atoms with Crippen molar-refractivity contribution in [2.75, 3.05) is 0 Å². The van der Waals surface area contributed by atoms with Crippen molar-refractivity contribution in [1.29, 1.82) is 0 Å². The van der Waals surface area contributed by atoms with E-state index in [0.717, 1.165) is 61.0 Å². The summed E-state index contributed by atoms with van der Waals surface area (Å²) in [4.78, 5) is 5.32. The molecule has 0 N–H and O–H groups in total. The predicted octanol–water partition coefficient (Wildman–Crippen LogP) is 15.7. The molecule has 0 fully saturated rings. The zero-order valence-corrected chi connectivity index (χ0v) is 32.5. The Balaban J connectivity index is 0.913.